The number of anilines is 1. The number of allylic oxidation sites excluding steroid dienone is 3. The Bertz CT molecular complexity index is 654. The zero-order valence-corrected chi connectivity index (χ0v) is 12.2. The van der Waals surface area contributed by atoms with Gasteiger partial charge in [-0.15, -0.1) is 0 Å². The molecule has 0 unspecified atom stereocenters. The molecule has 0 radical (unpaired) electrons. The van der Waals surface area contributed by atoms with Gasteiger partial charge in [0.25, 0.3) is 11.9 Å². The number of hydrogen-bond acceptors (Lipinski definition) is 3. The van der Waals surface area contributed by atoms with E-state index in [0.29, 0.717) is 12.1 Å². The van der Waals surface area contributed by atoms with Gasteiger partial charge in [0.1, 0.15) is 5.69 Å². The topological polar surface area (TPSA) is 37.3 Å². The molecule has 1 aliphatic rings. The van der Waals surface area contributed by atoms with Crippen LogP contribution in [0.1, 0.15) is 26.7 Å². The summed E-state index contributed by atoms with van der Waals surface area (Å²) in [5.74, 6) is -6.51. The maximum absolute atomic E-state index is 13.5. The van der Waals surface area contributed by atoms with E-state index in [1.165, 1.54) is 0 Å². The van der Waals surface area contributed by atoms with Gasteiger partial charge in [-0.2, -0.15) is 27.6 Å². The Morgan fingerprint density at radius 1 is 1.27 bits per heavy atom. The standard InChI is InChI=1S/C15H15F4N3/c1-7(2)9-5-4-8(3)10(6-9)21-22-13-11(16)14(18)20-15(19)12(13)17/h4,9H,1,5-6H2,2-3H3,(H,20,22)/t9-/m0/s1. The van der Waals surface area contributed by atoms with Crippen molar-refractivity contribution >= 4 is 11.4 Å². The molecule has 22 heavy (non-hydrogen) atoms. The summed E-state index contributed by atoms with van der Waals surface area (Å²) in [7, 11) is 0. The molecule has 2 rings (SSSR count). The SMILES string of the molecule is C=C(C)[C@H]1CC=C(C)C(=NNc2c(F)c(F)nc(F)c2F)C1. The van der Waals surface area contributed by atoms with Crippen LogP contribution in [0.15, 0.2) is 28.9 Å². The van der Waals surface area contributed by atoms with Crippen molar-refractivity contribution in [2.24, 2.45) is 11.0 Å². The van der Waals surface area contributed by atoms with Crippen LogP contribution in [0.5, 0.6) is 0 Å². The van der Waals surface area contributed by atoms with Gasteiger partial charge in [-0.1, -0.05) is 18.2 Å². The molecule has 1 atom stereocenters. The third-order valence-electron chi connectivity index (χ3n) is 3.60. The largest absolute Gasteiger partial charge is 0.272 e. The van der Waals surface area contributed by atoms with Crippen LogP contribution >= 0.6 is 0 Å². The fourth-order valence-corrected chi connectivity index (χ4v) is 2.13. The Labute approximate surface area is 125 Å². The summed E-state index contributed by atoms with van der Waals surface area (Å²) >= 11 is 0. The third-order valence-corrected chi connectivity index (χ3v) is 3.60. The fraction of sp³-hybridized carbons (Fsp3) is 0.333. The minimum atomic E-state index is -1.72. The molecule has 118 valence electrons. The highest BCUT2D eigenvalue weighted by molar-refractivity contribution is 6.01. The van der Waals surface area contributed by atoms with Crippen LogP contribution in [0, 0.1) is 29.4 Å². The Morgan fingerprint density at radius 2 is 1.86 bits per heavy atom. The lowest BCUT2D eigenvalue weighted by Gasteiger charge is -2.22. The van der Waals surface area contributed by atoms with E-state index in [9.17, 15) is 17.6 Å². The van der Waals surface area contributed by atoms with E-state index in [1.54, 1.807) is 6.92 Å². The predicted molar refractivity (Wildman–Crippen MR) is 76.4 cm³/mol. The smallest absolute Gasteiger partial charge is 0.254 e. The molecular weight excluding hydrogens is 298 g/mol. The van der Waals surface area contributed by atoms with Crippen LogP contribution in [-0.2, 0) is 0 Å². The number of rotatable bonds is 3. The van der Waals surface area contributed by atoms with Crippen LogP contribution in [0.3, 0.4) is 0 Å². The first kappa shape index (κ1) is 16.2. The fourth-order valence-electron chi connectivity index (χ4n) is 2.13. The lowest BCUT2D eigenvalue weighted by molar-refractivity contribution is 0.411. The molecule has 0 fully saturated rings. The maximum Gasteiger partial charge on any atom is 0.254 e. The van der Waals surface area contributed by atoms with Gasteiger partial charge in [-0.25, -0.2) is 0 Å². The van der Waals surface area contributed by atoms with E-state index in [0.717, 1.165) is 17.6 Å². The van der Waals surface area contributed by atoms with Crippen molar-refractivity contribution in [3.8, 4) is 0 Å². The molecule has 0 bridgehead atoms. The summed E-state index contributed by atoms with van der Waals surface area (Å²) < 4.78 is 53.0. The number of hydrogen-bond donors (Lipinski definition) is 1. The molecule has 1 aliphatic carbocycles. The molecule has 1 heterocycles. The Hall–Kier alpha value is -2.18. The molecule has 0 amide bonds. The van der Waals surface area contributed by atoms with Crippen LogP contribution in [0.25, 0.3) is 0 Å². The van der Waals surface area contributed by atoms with E-state index >= 15 is 0 Å². The Morgan fingerprint density at radius 3 is 2.41 bits per heavy atom. The number of halogens is 4. The molecule has 0 saturated heterocycles. The first-order valence-corrected chi connectivity index (χ1v) is 6.66. The van der Waals surface area contributed by atoms with Gasteiger partial charge >= 0.3 is 0 Å². The van der Waals surface area contributed by atoms with Crippen molar-refractivity contribution in [3.63, 3.8) is 0 Å². The minimum Gasteiger partial charge on any atom is -0.272 e. The summed E-state index contributed by atoms with van der Waals surface area (Å²) in [5, 5.41) is 3.89. The van der Waals surface area contributed by atoms with Gasteiger partial charge in [0.2, 0.25) is 11.6 Å². The minimum absolute atomic E-state index is 0.171. The quantitative estimate of drug-likeness (QED) is 0.390. The second-order valence-electron chi connectivity index (χ2n) is 5.24. The molecular formula is C15H15F4N3. The average Bonchev–Trinajstić information content (AvgIpc) is 2.46. The van der Waals surface area contributed by atoms with Gasteiger partial charge in [0.15, 0.2) is 0 Å². The molecule has 1 N–H and O–H groups in total. The van der Waals surface area contributed by atoms with Crippen molar-refractivity contribution in [2.75, 3.05) is 5.43 Å². The molecule has 1 aromatic rings. The maximum atomic E-state index is 13.5. The van der Waals surface area contributed by atoms with Crippen molar-refractivity contribution in [2.45, 2.75) is 26.7 Å². The normalized spacial score (nSPS) is 20.0. The van der Waals surface area contributed by atoms with E-state index in [-0.39, 0.29) is 5.92 Å². The average molecular weight is 313 g/mol. The zero-order valence-electron chi connectivity index (χ0n) is 12.2. The summed E-state index contributed by atoms with van der Waals surface area (Å²) in [6, 6.07) is 0. The van der Waals surface area contributed by atoms with Crippen molar-refractivity contribution in [1.82, 2.24) is 4.98 Å². The highest BCUT2D eigenvalue weighted by Gasteiger charge is 2.22. The summed E-state index contributed by atoms with van der Waals surface area (Å²) in [6.45, 7) is 7.56. The van der Waals surface area contributed by atoms with Crippen LogP contribution in [0.4, 0.5) is 23.2 Å². The first-order chi connectivity index (χ1) is 10.3. The molecule has 0 saturated carbocycles. The van der Waals surface area contributed by atoms with E-state index in [1.807, 2.05) is 13.0 Å². The van der Waals surface area contributed by atoms with E-state index in [2.05, 4.69) is 22.1 Å². The van der Waals surface area contributed by atoms with Crippen LogP contribution in [0.2, 0.25) is 0 Å². The van der Waals surface area contributed by atoms with Crippen molar-refractivity contribution in [3.05, 3.63) is 47.3 Å². The zero-order chi connectivity index (χ0) is 16.4. The predicted octanol–water partition coefficient (Wildman–Crippen LogP) is 4.34. The molecule has 1 aromatic heterocycles. The number of hydrazone groups is 1. The molecule has 0 aliphatic heterocycles. The highest BCUT2D eigenvalue weighted by Crippen LogP contribution is 2.27. The molecule has 0 spiro atoms. The van der Waals surface area contributed by atoms with Gasteiger partial charge in [-0.3, -0.25) is 5.43 Å². The molecule has 0 aromatic carbocycles. The van der Waals surface area contributed by atoms with Gasteiger partial charge in [0.05, 0.1) is 5.71 Å². The second-order valence-corrected chi connectivity index (χ2v) is 5.24. The third kappa shape index (κ3) is 3.18. The number of pyridine rings is 1. The van der Waals surface area contributed by atoms with Crippen molar-refractivity contribution < 1.29 is 17.6 Å². The van der Waals surface area contributed by atoms with Crippen molar-refractivity contribution in [1.29, 1.82) is 0 Å². The Balaban J connectivity index is 2.30. The summed E-state index contributed by atoms with van der Waals surface area (Å²) in [6.07, 6.45) is 3.27. The Kier molecular flexibility index (Phi) is 4.63. The van der Waals surface area contributed by atoms with Crippen LogP contribution < -0.4 is 5.43 Å². The summed E-state index contributed by atoms with van der Waals surface area (Å²) in [5.41, 5.74) is 3.43. The molecule has 3 nitrogen and oxygen atoms in total. The lowest BCUT2D eigenvalue weighted by atomic mass is 9.85. The second kappa shape index (κ2) is 6.29. The first-order valence-electron chi connectivity index (χ1n) is 6.66. The highest BCUT2D eigenvalue weighted by atomic mass is 19.2. The van der Waals surface area contributed by atoms with E-state index in [4.69, 9.17) is 0 Å². The summed E-state index contributed by atoms with van der Waals surface area (Å²) in [4.78, 5) is 2.48. The lowest BCUT2D eigenvalue weighted by Crippen LogP contribution is -2.17. The van der Waals surface area contributed by atoms with Gasteiger partial charge in [-0.05, 0) is 38.2 Å². The monoisotopic (exact) mass is 313 g/mol. The number of aromatic nitrogens is 1. The molecule has 7 heteroatoms. The number of nitrogens with zero attached hydrogens (tertiary/aromatic N) is 2. The van der Waals surface area contributed by atoms with Gasteiger partial charge in [0, 0.05) is 0 Å². The van der Waals surface area contributed by atoms with E-state index < -0.39 is 29.2 Å². The van der Waals surface area contributed by atoms with Crippen LogP contribution in [-0.4, -0.2) is 10.7 Å². The number of nitrogens with one attached hydrogen (secondary N) is 1. The van der Waals surface area contributed by atoms with Gasteiger partial charge < -0.3 is 0 Å².